The highest BCUT2D eigenvalue weighted by Gasteiger charge is 1.99. The van der Waals surface area contributed by atoms with Crippen LogP contribution >= 0.6 is 0 Å². The SMILES string of the molecule is NC(=O)CNCc1ccc(C(N)=NO)cc1. The van der Waals surface area contributed by atoms with Crippen molar-refractivity contribution in [3.8, 4) is 0 Å². The number of nitrogens with two attached hydrogens (primary N) is 2. The van der Waals surface area contributed by atoms with Gasteiger partial charge in [0.15, 0.2) is 5.84 Å². The Kier molecular flexibility index (Phi) is 4.28. The van der Waals surface area contributed by atoms with E-state index < -0.39 is 5.91 Å². The van der Waals surface area contributed by atoms with Crippen LogP contribution in [-0.2, 0) is 11.3 Å². The fourth-order valence-electron chi connectivity index (χ4n) is 1.18. The van der Waals surface area contributed by atoms with Gasteiger partial charge in [-0.1, -0.05) is 29.4 Å². The van der Waals surface area contributed by atoms with Crippen molar-refractivity contribution in [3.05, 3.63) is 35.4 Å². The molecule has 0 heterocycles. The van der Waals surface area contributed by atoms with Crippen LogP contribution in [0.2, 0.25) is 0 Å². The summed E-state index contributed by atoms with van der Waals surface area (Å²) in [5.41, 5.74) is 12.0. The molecule has 0 atom stereocenters. The van der Waals surface area contributed by atoms with Gasteiger partial charge in [-0.05, 0) is 5.56 Å². The van der Waals surface area contributed by atoms with Crippen molar-refractivity contribution >= 4 is 11.7 Å². The third kappa shape index (κ3) is 3.58. The lowest BCUT2D eigenvalue weighted by Crippen LogP contribution is -2.28. The Labute approximate surface area is 92.9 Å². The second kappa shape index (κ2) is 5.72. The number of amidine groups is 1. The molecule has 1 aromatic rings. The summed E-state index contributed by atoms with van der Waals surface area (Å²) in [6, 6.07) is 7.11. The van der Waals surface area contributed by atoms with Crippen molar-refractivity contribution < 1.29 is 10.0 Å². The van der Waals surface area contributed by atoms with Crippen molar-refractivity contribution in [1.82, 2.24) is 5.32 Å². The molecule has 0 spiro atoms. The van der Waals surface area contributed by atoms with E-state index in [2.05, 4.69) is 10.5 Å². The van der Waals surface area contributed by atoms with Crippen LogP contribution in [0, 0.1) is 0 Å². The summed E-state index contributed by atoms with van der Waals surface area (Å²) in [5, 5.41) is 14.2. The predicted molar refractivity (Wildman–Crippen MR) is 59.9 cm³/mol. The summed E-state index contributed by atoms with van der Waals surface area (Å²) in [6.07, 6.45) is 0. The standard InChI is InChI=1S/C10H14N4O2/c11-9(15)6-13-5-7-1-3-8(4-2-7)10(12)14-16/h1-4,13,16H,5-6H2,(H2,11,15)(H2,12,14). The quantitative estimate of drug-likeness (QED) is 0.229. The average molecular weight is 222 g/mol. The van der Waals surface area contributed by atoms with Crippen molar-refractivity contribution in [2.45, 2.75) is 6.54 Å². The molecule has 0 bridgehead atoms. The lowest BCUT2D eigenvalue weighted by atomic mass is 10.1. The fraction of sp³-hybridized carbons (Fsp3) is 0.200. The first kappa shape index (κ1) is 12.0. The zero-order chi connectivity index (χ0) is 12.0. The summed E-state index contributed by atoms with van der Waals surface area (Å²) in [4.78, 5) is 10.5. The topological polar surface area (TPSA) is 114 Å². The van der Waals surface area contributed by atoms with Crippen LogP contribution in [-0.4, -0.2) is 23.5 Å². The molecule has 0 unspecified atom stereocenters. The van der Waals surface area contributed by atoms with Crippen molar-refractivity contribution in [2.75, 3.05) is 6.54 Å². The van der Waals surface area contributed by atoms with Gasteiger partial charge in [0.2, 0.25) is 5.91 Å². The van der Waals surface area contributed by atoms with Crippen LogP contribution in [0.5, 0.6) is 0 Å². The maximum atomic E-state index is 10.5. The fourth-order valence-corrected chi connectivity index (χ4v) is 1.18. The molecular formula is C10H14N4O2. The highest BCUT2D eigenvalue weighted by molar-refractivity contribution is 5.96. The van der Waals surface area contributed by atoms with Gasteiger partial charge in [-0.3, -0.25) is 4.79 Å². The molecule has 0 saturated carbocycles. The molecule has 86 valence electrons. The maximum absolute atomic E-state index is 10.5. The van der Waals surface area contributed by atoms with E-state index in [9.17, 15) is 4.79 Å². The second-order valence-electron chi connectivity index (χ2n) is 3.25. The summed E-state index contributed by atoms with van der Waals surface area (Å²) in [5.74, 6) is -0.329. The first-order chi connectivity index (χ1) is 7.63. The molecular weight excluding hydrogens is 208 g/mol. The minimum absolute atomic E-state index is 0.0663. The number of primary amides is 1. The van der Waals surface area contributed by atoms with Gasteiger partial charge in [0, 0.05) is 12.1 Å². The van der Waals surface area contributed by atoms with Gasteiger partial charge in [0.1, 0.15) is 0 Å². The van der Waals surface area contributed by atoms with Crippen molar-refractivity contribution in [3.63, 3.8) is 0 Å². The first-order valence-corrected chi connectivity index (χ1v) is 4.69. The lowest BCUT2D eigenvalue weighted by Gasteiger charge is -2.04. The largest absolute Gasteiger partial charge is 0.409 e. The first-order valence-electron chi connectivity index (χ1n) is 4.69. The molecule has 0 saturated heterocycles. The Morgan fingerprint density at radius 1 is 1.31 bits per heavy atom. The summed E-state index contributed by atoms with van der Waals surface area (Å²) in [6.45, 7) is 0.682. The van der Waals surface area contributed by atoms with E-state index in [0.29, 0.717) is 12.1 Å². The minimum atomic E-state index is -0.395. The number of nitrogens with zero attached hydrogens (tertiary/aromatic N) is 1. The third-order valence-electron chi connectivity index (χ3n) is 1.99. The highest BCUT2D eigenvalue weighted by Crippen LogP contribution is 2.03. The van der Waals surface area contributed by atoms with E-state index in [1.165, 1.54) is 0 Å². The molecule has 16 heavy (non-hydrogen) atoms. The number of nitrogens with one attached hydrogen (secondary N) is 1. The van der Waals surface area contributed by atoms with E-state index in [-0.39, 0.29) is 12.4 Å². The zero-order valence-electron chi connectivity index (χ0n) is 8.68. The van der Waals surface area contributed by atoms with Crippen LogP contribution in [0.1, 0.15) is 11.1 Å². The number of hydrogen-bond acceptors (Lipinski definition) is 4. The van der Waals surface area contributed by atoms with Crippen LogP contribution in [0.15, 0.2) is 29.4 Å². The average Bonchev–Trinajstić information content (AvgIpc) is 2.28. The zero-order valence-corrected chi connectivity index (χ0v) is 8.68. The molecule has 0 radical (unpaired) electrons. The van der Waals surface area contributed by atoms with Gasteiger partial charge >= 0.3 is 0 Å². The van der Waals surface area contributed by atoms with Crippen LogP contribution in [0.3, 0.4) is 0 Å². The number of hydrogen-bond donors (Lipinski definition) is 4. The predicted octanol–water partition coefficient (Wildman–Crippen LogP) is -0.644. The molecule has 0 aliphatic heterocycles. The van der Waals surface area contributed by atoms with Gasteiger partial charge in [-0.15, -0.1) is 0 Å². The normalized spacial score (nSPS) is 11.4. The maximum Gasteiger partial charge on any atom is 0.231 e. The van der Waals surface area contributed by atoms with E-state index in [0.717, 1.165) is 5.56 Å². The van der Waals surface area contributed by atoms with Crippen molar-refractivity contribution in [1.29, 1.82) is 0 Å². The van der Waals surface area contributed by atoms with Gasteiger partial charge in [-0.25, -0.2) is 0 Å². The minimum Gasteiger partial charge on any atom is -0.409 e. The molecule has 0 fully saturated rings. The Morgan fingerprint density at radius 3 is 2.44 bits per heavy atom. The molecule has 1 rings (SSSR count). The Bertz CT molecular complexity index is 386. The van der Waals surface area contributed by atoms with Gasteiger partial charge in [0.05, 0.1) is 6.54 Å². The molecule has 1 aromatic carbocycles. The highest BCUT2D eigenvalue weighted by atomic mass is 16.4. The Morgan fingerprint density at radius 2 is 1.94 bits per heavy atom. The number of carbonyl (C=O) groups excluding carboxylic acids is 1. The van der Waals surface area contributed by atoms with E-state index >= 15 is 0 Å². The smallest absolute Gasteiger partial charge is 0.231 e. The summed E-state index contributed by atoms with van der Waals surface area (Å²) >= 11 is 0. The number of oxime groups is 1. The summed E-state index contributed by atoms with van der Waals surface area (Å²) < 4.78 is 0. The van der Waals surface area contributed by atoms with Crippen LogP contribution < -0.4 is 16.8 Å². The van der Waals surface area contributed by atoms with E-state index in [1.54, 1.807) is 12.1 Å². The third-order valence-corrected chi connectivity index (χ3v) is 1.99. The van der Waals surface area contributed by atoms with Crippen LogP contribution in [0.4, 0.5) is 0 Å². The Hall–Kier alpha value is -2.08. The van der Waals surface area contributed by atoms with E-state index in [4.69, 9.17) is 16.7 Å². The Balaban J connectivity index is 2.55. The van der Waals surface area contributed by atoms with E-state index in [1.807, 2.05) is 12.1 Å². The summed E-state index contributed by atoms with van der Waals surface area (Å²) in [7, 11) is 0. The monoisotopic (exact) mass is 222 g/mol. The molecule has 1 amide bonds. The van der Waals surface area contributed by atoms with Crippen LogP contribution in [0.25, 0.3) is 0 Å². The molecule has 0 aliphatic carbocycles. The number of rotatable bonds is 5. The number of amides is 1. The molecule has 6 heteroatoms. The molecule has 6 N–H and O–H groups in total. The van der Waals surface area contributed by atoms with Gasteiger partial charge < -0.3 is 22.0 Å². The molecule has 0 aliphatic rings. The second-order valence-corrected chi connectivity index (χ2v) is 3.25. The number of benzene rings is 1. The lowest BCUT2D eigenvalue weighted by molar-refractivity contribution is -0.117. The van der Waals surface area contributed by atoms with Crippen molar-refractivity contribution in [2.24, 2.45) is 16.6 Å². The molecule has 6 nitrogen and oxygen atoms in total. The molecule has 0 aromatic heterocycles. The van der Waals surface area contributed by atoms with Gasteiger partial charge in [-0.2, -0.15) is 0 Å². The van der Waals surface area contributed by atoms with Gasteiger partial charge in [0.25, 0.3) is 0 Å². The number of carbonyl (C=O) groups is 1.